The number of fused-ring (bicyclic) bond motifs is 4. The zero-order valence-corrected chi connectivity index (χ0v) is 17.5. The molecular formula is C21H11ClIN3O3. The zero-order valence-electron chi connectivity index (χ0n) is 14.6. The van der Waals surface area contributed by atoms with Crippen LogP contribution < -0.4 is 0 Å². The average molecular weight is 516 g/mol. The van der Waals surface area contributed by atoms with Crippen LogP contribution in [0.2, 0.25) is 5.02 Å². The lowest BCUT2D eigenvalue weighted by Gasteiger charge is -2.14. The fourth-order valence-electron chi connectivity index (χ4n) is 2.98. The number of rotatable bonds is 0. The molecule has 0 unspecified atom stereocenters. The van der Waals surface area contributed by atoms with Crippen LogP contribution >= 0.6 is 34.2 Å². The number of carbonyl (C=O) groups is 2. The van der Waals surface area contributed by atoms with Gasteiger partial charge >= 0.3 is 0 Å². The molecule has 1 aromatic carbocycles. The Balaban J connectivity index is 0.000000145. The minimum atomic E-state index is -0.582. The second-order valence-electron chi connectivity index (χ2n) is 6.05. The van der Waals surface area contributed by atoms with Crippen molar-refractivity contribution in [1.29, 1.82) is 0 Å². The first-order chi connectivity index (χ1) is 14.0. The lowest BCUT2D eigenvalue weighted by atomic mass is 9.90. The van der Waals surface area contributed by atoms with Crippen LogP contribution in [0.15, 0.2) is 61.1 Å². The summed E-state index contributed by atoms with van der Waals surface area (Å²) in [7, 11) is 0. The third kappa shape index (κ3) is 3.47. The van der Waals surface area contributed by atoms with Crippen LogP contribution in [-0.2, 0) is 0 Å². The van der Waals surface area contributed by atoms with Gasteiger partial charge in [0.2, 0.25) is 0 Å². The van der Waals surface area contributed by atoms with E-state index in [0.717, 1.165) is 5.39 Å². The third-order valence-corrected chi connectivity index (χ3v) is 5.45. The highest BCUT2D eigenvalue weighted by molar-refractivity contribution is 14.1. The second-order valence-corrected chi connectivity index (χ2v) is 7.62. The highest BCUT2D eigenvalue weighted by Crippen LogP contribution is 2.33. The van der Waals surface area contributed by atoms with Gasteiger partial charge < -0.3 is 5.11 Å². The van der Waals surface area contributed by atoms with Crippen LogP contribution in [0.25, 0.3) is 22.0 Å². The number of phenolic OH excluding ortho intramolecular Hbond substituents is 1. The van der Waals surface area contributed by atoms with E-state index in [4.69, 9.17) is 11.6 Å². The molecule has 0 aliphatic heterocycles. The summed E-state index contributed by atoms with van der Waals surface area (Å²) in [5, 5.41) is 11.0. The molecule has 0 saturated carbocycles. The molecule has 0 saturated heterocycles. The molecule has 142 valence electrons. The van der Waals surface area contributed by atoms with Crippen molar-refractivity contribution in [2.75, 3.05) is 0 Å². The van der Waals surface area contributed by atoms with E-state index in [1.807, 2.05) is 28.7 Å². The number of halogens is 2. The summed E-state index contributed by atoms with van der Waals surface area (Å²) in [6.07, 6.45) is 4.64. The summed E-state index contributed by atoms with van der Waals surface area (Å²) in [4.78, 5) is 35.4. The van der Waals surface area contributed by atoms with Crippen LogP contribution in [-0.4, -0.2) is 31.6 Å². The maximum absolute atomic E-state index is 11.7. The van der Waals surface area contributed by atoms with Crippen molar-refractivity contribution >= 4 is 56.7 Å². The van der Waals surface area contributed by atoms with Crippen LogP contribution in [0.5, 0.6) is 5.75 Å². The Morgan fingerprint density at radius 2 is 1.34 bits per heavy atom. The number of pyridine rings is 3. The van der Waals surface area contributed by atoms with Gasteiger partial charge in [-0.25, -0.2) is 0 Å². The molecule has 0 amide bonds. The molecule has 0 spiro atoms. The molecule has 0 bridgehead atoms. The Morgan fingerprint density at radius 3 is 1.93 bits per heavy atom. The third-order valence-electron chi connectivity index (χ3n) is 4.31. The van der Waals surface area contributed by atoms with E-state index in [-0.39, 0.29) is 17.1 Å². The number of phenols is 1. The molecule has 0 radical (unpaired) electrons. The molecule has 6 nitrogen and oxygen atoms in total. The zero-order chi connectivity index (χ0) is 20.5. The van der Waals surface area contributed by atoms with Gasteiger partial charge in [0.1, 0.15) is 16.9 Å². The lowest BCUT2D eigenvalue weighted by molar-refractivity contribution is 0.0809. The number of aromatic hydroxyl groups is 1. The first-order valence-corrected chi connectivity index (χ1v) is 9.86. The summed E-state index contributed by atoms with van der Waals surface area (Å²) in [6.45, 7) is 0. The smallest absolute Gasteiger partial charge is 0.254 e. The number of benzene rings is 1. The fraction of sp³-hybridized carbons (Fsp3) is 0. The number of Topliss-reactive ketones (excluding diaryl/α,β-unsaturated/α-hetero) is 2. The van der Waals surface area contributed by atoms with Gasteiger partial charge in [-0.05, 0) is 52.9 Å². The molecule has 3 heterocycles. The van der Waals surface area contributed by atoms with E-state index in [1.54, 1.807) is 42.6 Å². The minimum absolute atomic E-state index is 0.195. The van der Waals surface area contributed by atoms with Crippen molar-refractivity contribution in [2.45, 2.75) is 0 Å². The van der Waals surface area contributed by atoms with Crippen molar-refractivity contribution < 1.29 is 14.7 Å². The monoisotopic (exact) mass is 515 g/mol. The van der Waals surface area contributed by atoms with Crippen molar-refractivity contribution in [3.63, 3.8) is 0 Å². The van der Waals surface area contributed by atoms with Gasteiger partial charge in [0, 0.05) is 35.1 Å². The van der Waals surface area contributed by atoms with Crippen molar-refractivity contribution in [3.05, 3.63) is 81.0 Å². The average Bonchev–Trinajstić information content (AvgIpc) is 2.76. The maximum atomic E-state index is 11.7. The van der Waals surface area contributed by atoms with E-state index in [1.165, 1.54) is 12.4 Å². The lowest BCUT2D eigenvalue weighted by Crippen LogP contribution is -2.23. The minimum Gasteiger partial charge on any atom is -0.505 e. The second kappa shape index (κ2) is 7.84. The maximum Gasteiger partial charge on any atom is 0.254 e. The molecule has 29 heavy (non-hydrogen) atoms. The Bertz CT molecular complexity index is 1240. The highest BCUT2D eigenvalue weighted by Gasteiger charge is 2.32. The van der Waals surface area contributed by atoms with Gasteiger partial charge in [-0.2, -0.15) is 0 Å². The number of nitrogens with zero attached hydrogens (tertiary/aromatic N) is 3. The quantitative estimate of drug-likeness (QED) is 0.269. The summed E-state index contributed by atoms with van der Waals surface area (Å²) in [5.41, 5.74) is 2.34. The van der Waals surface area contributed by atoms with Gasteiger partial charge in [0.15, 0.2) is 5.75 Å². The van der Waals surface area contributed by atoms with E-state index >= 15 is 0 Å². The molecule has 5 rings (SSSR count). The summed E-state index contributed by atoms with van der Waals surface area (Å²) < 4.78 is 0.716. The largest absolute Gasteiger partial charge is 0.505 e. The SMILES string of the molecule is O=C1C(=O)c2ncccc2-c2cccnc21.Oc1c(I)cc(Cl)c2cccnc12. The molecule has 1 N–H and O–H groups in total. The van der Waals surface area contributed by atoms with Crippen LogP contribution in [0.4, 0.5) is 0 Å². The molecular weight excluding hydrogens is 505 g/mol. The van der Waals surface area contributed by atoms with E-state index in [2.05, 4.69) is 15.0 Å². The normalized spacial score (nSPS) is 12.1. The Hall–Kier alpha value is -2.91. The highest BCUT2D eigenvalue weighted by atomic mass is 127. The summed E-state index contributed by atoms with van der Waals surface area (Å²) in [5.74, 6) is -0.968. The van der Waals surface area contributed by atoms with Crippen LogP contribution in [0.1, 0.15) is 21.0 Å². The van der Waals surface area contributed by atoms with Crippen LogP contribution in [0, 0.1) is 3.57 Å². The molecule has 0 atom stereocenters. The van der Waals surface area contributed by atoms with E-state index < -0.39 is 11.6 Å². The topological polar surface area (TPSA) is 93.0 Å². The van der Waals surface area contributed by atoms with Crippen molar-refractivity contribution in [1.82, 2.24) is 15.0 Å². The molecule has 1 aliphatic rings. The fourth-order valence-corrected chi connectivity index (χ4v) is 3.99. The Morgan fingerprint density at radius 1 is 0.828 bits per heavy atom. The summed E-state index contributed by atoms with van der Waals surface area (Å²) >= 11 is 8.00. The predicted octanol–water partition coefficient (Wildman–Crippen LogP) is 4.72. The van der Waals surface area contributed by atoms with Crippen molar-refractivity contribution in [3.8, 4) is 16.9 Å². The first-order valence-electron chi connectivity index (χ1n) is 8.40. The van der Waals surface area contributed by atoms with Crippen LogP contribution in [0.3, 0.4) is 0 Å². The Labute approximate surface area is 183 Å². The molecule has 3 aromatic heterocycles. The molecule has 4 aromatic rings. The number of carbonyl (C=O) groups excluding carboxylic acids is 2. The van der Waals surface area contributed by atoms with Gasteiger partial charge in [-0.3, -0.25) is 24.5 Å². The number of ketones is 2. The molecule has 8 heteroatoms. The standard InChI is InChI=1S/C12H6N2O2.C9H5ClINO/c15-11-9-7(3-1-5-13-9)8-4-2-6-14-10(8)12(11)16;10-6-4-7(11)9(13)8-5(6)2-1-3-12-8/h1-6H;1-4,13H. The van der Waals surface area contributed by atoms with Gasteiger partial charge in [0.05, 0.1) is 8.59 Å². The van der Waals surface area contributed by atoms with Crippen molar-refractivity contribution in [2.24, 2.45) is 0 Å². The summed E-state index contributed by atoms with van der Waals surface area (Å²) in [6, 6.07) is 12.4. The van der Waals surface area contributed by atoms with Gasteiger partial charge in [0.25, 0.3) is 11.6 Å². The van der Waals surface area contributed by atoms with E-state index in [0.29, 0.717) is 25.2 Å². The number of hydrogen-bond acceptors (Lipinski definition) is 6. The number of hydrogen-bond donors (Lipinski definition) is 1. The van der Waals surface area contributed by atoms with E-state index in [9.17, 15) is 14.7 Å². The number of aromatic nitrogens is 3. The predicted molar refractivity (Wildman–Crippen MR) is 117 cm³/mol. The molecule has 0 fully saturated rings. The Kier molecular flexibility index (Phi) is 5.25. The van der Waals surface area contributed by atoms with Gasteiger partial charge in [-0.15, -0.1) is 0 Å². The first kappa shape index (κ1) is 19.4. The molecule has 1 aliphatic carbocycles. The van der Waals surface area contributed by atoms with Gasteiger partial charge in [-0.1, -0.05) is 23.7 Å².